The van der Waals surface area contributed by atoms with E-state index in [2.05, 4.69) is 17.5 Å². The Hall–Kier alpha value is -1.43. The van der Waals surface area contributed by atoms with E-state index in [4.69, 9.17) is 10.5 Å². The maximum atomic E-state index is 13.5. The first-order valence-corrected chi connectivity index (χ1v) is 4.64. The van der Waals surface area contributed by atoms with Crippen molar-refractivity contribution in [3.05, 3.63) is 23.8 Å². The normalized spacial score (nSPS) is 9.80. The Morgan fingerprint density at radius 2 is 2.20 bits per heavy atom. The molecule has 3 nitrogen and oxygen atoms in total. The van der Waals surface area contributed by atoms with Crippen molar-refractivity contribution in [2.45, 2.75) is 6.92 Å². The predicted octanol–water partition coefficient (Wildman–Crippen LogP) is 2.02. The van der Waals surface area contributed by atoms with Gasteiger partial charge in [0.2, 0.25) is 0 Å². The van der Waals surface area contributed by atoms with E-state index in [1.54, 1.807) is 6.92 Å². The first-order chi connectivity index (χ1) is 7.06. The van der Waals surface area contributed by atoms with Gasteiger partial charge in [0, 0.05) is 0 Å². The summed E-state index contributed by atoms with van der Waals surface area (Å²) in [4.78, 5) is 0. The number of nitrogens with two attached hydrogens (primary N) is 1. The second kappa shape index (κ2) is 4.88. The Kier molecular flexibility index (Phi) is 3.79. The lowest BCUT2D eigenvalue weighted by Crippen LogP contribution is -2.20. The van der Waals surface area contributed by atoms with Crippen molar-refractivity contribution < 1.29 is 13.5 Å². The summed E-state index contributed by atoms with van der Waals surface area (Å²) in [5.41, 5.74) is 4.74. The van der Waals surface area contributed by atoms with Gasteiger partial charge in [0.05, 0.1) is 6.61 Å². The van der Waals surface area contributed by atoms with E-state index in [0.29, 0.717) is 0 Å². The van der Waals surface area contributed by atoms with Crippen molar-refractivity contribution >= 4 is 23.0 Å². The van der Waals surface area contributed by atoms with Crippen LogP contribution in [0.4, 0.5) is 14.5 Å². The van der Waals surface area contributed by atoms with Crippen molar-refractivity contribution in [3.63, 3.8) is 0 Å². The number of ether oxygens (including phenoxy) is 1. The summed E-state index contributed by atoms with van der Waals surface area (Å²) in [7, 11) is 0. The molecule has 0 saturated carbocycles. The number of hydrogen-bond acceptors (Lipinski definition) is 2. The lowest BCUT2D eigenvalue weighted by molar-refractivity contribution is 0.321. The van der Waals surface area contributed by atoms with E-state index < -0.39 is 17.3 Å². The van der Waals surface area contributed by atoms with Gasteiger partial charge in [0.1, 0.15) is 11.5 Å². The first kappa shape index (κ1) is 11.6. The molecule has 0 radical (unpaired) electrons. The molecule has 1 aromatic rings. The van der Waals surface area contributed by atoms with Crippen LogP contribution in [0.1, 0.15) is 6.92 Å². The summed E-state index contributed by atoms with van der Waals surface area (Å²) >= 11 is 4.50. The molecule has 0 heterocycles. The molecule has 0 saturated heterocycles. The Balaban J connectivity index is 3.11. The van der Waals surface area contributed by atoms with Crippen molar-refractivity contribution in [1.29, 1.82) is 0 Å². The van der Waals surface area contributed by atoms with E-state index in [-0.39, 0.29) is 17.5 Å². The fourth-order valence-electron chi connectivity index (χ4n) is 1.04. The van der Waals surface area contributed by atoms with E-state index in [1.165, 1.54) is 6.07 Å². The zero-order chi connectivity index (χ0) is 11.4. The molecule has 0 unspecified atom stereocenters. The second-order valence-corrected chi connectivity index (χ2v) is 3.10. The molecule has 0 bridgehead atoms. The van der Waals surface area contributed by atoms with Gasteiger partial charge in [-0.3, -0.25) is 0 Å². The van der Waals surface area contributed by atoms with Gasteiger partial charge < -0.3 is 15.8 Å². The molecular weight excluding hydrogens is 222 g/mol. The zero-order valence-electron chi connectivity index (χ0n) is 8.01. The van der Waals surface area contributed by atoms with Crippen LogP contribution in [0, 0.1) is 11.6 Å². The van der Waals surface area contributed by atoms with Crippen molar-refractivity contribution in [3.8, 4) is 5.75 Å². The summed E-state index contributed by atoms with van der Waals surface area (Å²) < 4.78 is 31.6. The second-order valence-electron chi connectivity index (χ2n) is 2.66. The molecule has 6 heteroatoms. The van der Waals surface area contributed by atoms with Crippen LogP contribution in [-0.2, 0) is 0 Å². The van der Waals surface area contributed by atoms with Crippen LogP contribution in [0.3, 0.4) is 0 Å². The molecule has 3 N–H and O–H groups in total. The van der Waals surface area contributed by atoms with Gasteiger partial charge in [-0.15, -0.1) is 0 Å². The standard InChI is InChI=1S/C9H10F2N2OS/c1-2-14-6-4-3-5(10)8(7(6)11)13-9(12)15/h3-4H,2H2,1H3,(H3,12,13,15). The summed E-state index contributed by atoms with van der Waals surface area (Å²) in [6.45, 7) is 1.98. The summed E-state index contributed by atoms with van der Waals surface area (Å²) in [6.07, 6.45) is 0. The molecular formula is C9H10F2N2OS. The number of halogens is 2. The predicted molar refractivity (Wildman–Crippen MR) is 57.9 cm³/mol. The van der Waals surface area contributed by atoms with E-state index >= 15 is 0 Å². The van der Waals surface area contributed by atoms with E-state index in [0.717, 1.165) is 6.07 Å². The largest absolute Gasteiger partial charge is 0.491 e. The van der Waals surface area contributed by atoms with Crippen LogP contribution in [0.15, 0.2) is 12.1 Å². The minimum atomic E-state index is -0.843. The average Bonchev–Trinajstić information content (AvgIpc) is 2.17. The lowest BCUT2D eigenvalue weighted by Gasteiger charge is -2.10. The summed E-state index contributed by atoms with van der Waals surface area (Å²) in [5.74, 6) is -1.66. The van der Waals surface area contributed by atoms with Gasteiger partial charge in [0.25, 0.3) is 0 Å². The number of thiocarbonyl (C=S) groups is 1. The van der Waals surface area contributed by atoms with Gasteiger partial charge in [-0.2, -0.15) is 0 Å². The number of nitrogens with one attached hydrogen (secondary N) is 1. The molecule has 1 aromatic carbocycles. The topological polar surface area (TPSA) is 47.3 Å². The van der Waals surface area contributed by atoms with Gasteiger partial charge in [-0.05, 0) is 31.3 Å². The molecule has 0 aliphatic heterocycles. The minimum absolute atomic E-state index is 0.0438. The van der Waals surface area contributed by atoms with Gasteiger partial charge in [-0.25, -0.2) is 8.78 Å². The highest BCUT2D eigenvalue weighted by molar-refractivity contribution is 7.80. The van der Waals surface area contributed by atoms with E-state index in [1.807, 2.05) is 0 Å². The Bertz CT molecular complexity index is 385. The van der Waals surface area contributed by atoms with Crippen LogP contribution < -0.4 is 15.8 Å². The minimum Gasteiger partial charge on any atom is -0.491 e. The van der Waals surface area contributed by atoms with Crippen LogP contribution in [0.2, 0.25) is 0 Å². The maximum absolute atomic E-state index is 13.5. The fourth-order valence-corrected chi connectivity index (χ4v) is 1.14. The molecule has 0 spiro atoms. The molecule has 1 rings (SSSR count). The van der Waals surface area contributed by atoms with Crippen molar-refractivity contribution in [2.75, 3.05) is 11.9 Å². The Morgan fingerprint density at radius 3 is 2.73 bits per heavy atom. The van der Waals surface area contributed by atoms with Gasteiger partial charge >= 0.3 is 0 Å². The zero-order valence-corrected chi connectivity index (χ0v) is 8.83. The van der Waals surface area contributed by atoms with Crippen molar-refractivity contribution in [2.24, 2.45) is 5.73 Å². The van der Waals surface area contributed by atoms with Crippen LogP contribution in [0.25, 0.3) is 0 Å². The highest BCUT2D eigenvalue weighted by Gasteiger charge is 2.14. The third kappa shape index (κ3) is 2.76. The smallest absolute Gasteiger partial charge is 0.191 e. The molecule has 15 heavy (non-hydrogen) atoms. The first-order valence-electron chi connectivity index (χ1n) is 4.23. The number of hydrogen-bond donors (Lipinski definition) is 2. The third-order valence-corrected chi connectivity index (χ3v) is 1.71. The molecule has 82 valence electrons. The Labute approximate surface area is 91.2 Å². The molecule has 0 atom stereocenters. The number of rotatable bonds is 3. The fraction of sp³-hybridized carbons (Fsp3) is 0.222. The lowest BCUT2D eigenvalue weighted by atomic mass is 10.2. The highest BCUT2D eigenvalue weighted by Crippen LogP contribution is 2.27. The molecule has 0 amide bonds. The maximum Gasteiger partial charge on any atom is 0.191 e. The average molecular weight is 232 g/mol. The Morgan fingerprint density at radius 1 is 1.53 bits per heavy atom. The van der Waals surface area contributed by atoms with Crippen LogP contribution >= 0.6 is 12.2 Å². The monoisotopic (exact) mass is 232 g/mol. The summed E-state index contributed by atoms with van der Waals surface area (Å²) in [6, 6.07) is 2.29. The number of benzene rings is 1. The highest BCUT2D eigenvalue weighted by atomic mass is 32.1. The van der Waals surface area contributed by atoms with E-state index in [9.17, 15) is 8.78 Å². The quantitative estimate of drug-likeness (QED) is 0.783. The van der Waals surface area contributed by atoms with Crippen LogP contribution in [-0.4, -0.2) is 11.7 Å². The van der Waals surface area contributed by atoms with Gasteiger partial charge in [-0.1, -0.05) is 0 Å². The molecule has 0 aliphatic rings. The van der Waals surface area contributed by atoms with Gasteiger partial charge in [0.15, 0.2) is 16.7 Å². The third-order valence-electron chi connectivity index (χ3n) is 1.60. The van der Waals surface area contributed by atoms with Crippen molar-refractivity contribution in [1.82, 2.24) is 0 Å². The molecule has 0 fully saturated rings. The molecule has 0 aliphatic carbocycles. The SMILES string of the molecule is CCOc1ccc(F)c(NC(N)=S)c1F. The van der Waals surface area contributed by atoms with Crippen LogP contribution in [0.5, 0.6) is 5.75 Å². The summed E-state index contributed by atoms with van der Waals surface area (Å²) in [5, 5.41) is 2.01. The molecule has 0 aromatic heterocycles. The number of anilines is 1.